The number of nitrogens with zero attached hydrogens (tertiary/aromatic N) is 1. The molecule has 1 aliphatic carbocycles. The minimum absolute atomic E-state index is 0.730. The van der Waals surface area contributed by atoms with Gasteiger partial charge in [-0.05, 0) is 49.4 Å². The highest BCUT2D eigenvalue weighted by atomic mass is 32.1. The molecule has 0 unspecified atom stereocenters. The smallest absolute Gasteiger partial charge is 0.169 e. The van der Waals surface area contributed by atoms with Crippen LogP contribution >= 0.6 is 11.3 Å². The van der Waals surface area contributed by atoms with Crippen molar-refractivity contribution in [2.24, 2.45) is 0 Å². The second kappa shape index (κ2) is 6.27. The van der Waals surface area contributed by atoms with E-state index in [0.29, 0.717) is 0 Å². The third-order valence-corrected chi connectivity index (χ3v) is 4.70. The Morgan fingerprint density at radius 1 is 1.40 bits per heavy atom. The largest absolute Gasteiger partial charge is 0.490 e. The summed E-state index contributed by atoms with van der Waals surface area (Å²) in [5.41, 5.74) is 1.55. The van der Waals surface area contributed by atoms with Gasteiger partial charge in [0.25, 0.3) is 0 Å². The van der Waals surface area contributed by atoms with Crippen LogP contribution in [0.2, 0.25) is 0 Å². The number of ether oxygens (including phenoxy) is 1. The van der Waals surface area contributed by atoms with Crippen molar-refractivity contribution in [1.82, 2.24) is 4.98 Å². The Morgan fingerprint density at radius 3 is 3.20 bits per heavy atom. The molecule has 0 spiro atoms. The number of hydrogen-bond donors (Lipinski definition) is 1. The van der Waals surface area contributed by atoms with E-state index in [1.807, 2.05) is 23.5 Å². The van der Waals surface area contributed by atoms with Gasteiger partial charge >= 0.3 is 0 Å². The van der Waals surface area contributed by atoms with Crippen molar-refractivity contribution in [3.63, 3.8) is 0 Å². The molecule has 3 nitrogen and oxygen atoms in total. The van der Waals surface area contributed by atoms with Crippen LogP contribution in [0.15, 0.2) is 24.4 Å². The molecular weight excluding hydrogens is 268 g/mol. The second-order valence-corrected chi connectivity index (χ2v) is 6.29. The molecule has 0 aromatic carbocycles. The van der Waals surface area contributed by atoms with E-state index in [0.717, 1.165) is 31.1 Å². The molecule has 0 atom stereocenters. The monoisotopic (exact) mass is 288 g/mol. The molecule has 106 valence electrons. The van der Waals surface area contributed by atoms with Crippen molar-refractivity contribution in [3.8, 4) is 5.75 Å². The second-order valence-electron chi connectivity index (χ2n) is 5.07. The molecule has 2 aromatic rings. The molecule has 0 saturated heterocycles. The molecular formula is C16H20N2OS. The maximum Gasteiger partial charge on any atom is 0.169 e. The first kappa shape index (κ1) is 13.4. The highest BCUT2D eigenvalue weighted by molar-refractivity contribution is 7.12. The summed E-state index contributed by atoms with van der Waals surface area (Å²) in [6.07, 6.45) is 6.64. The maximum atomic E-state index is 5.71. The summed E-state index contributed by atoms with van der Waals surface area (Å²) < 4.78 is 5.71. The summed E-state index contributed by atoms with van der Waals surface area (Å²) in [7, 11) is 0. The van der Waals surface area contributed by atoms with Gasteiger partial charge in [0.15, 0.2) is 11.6 Å². The van der Waals surface area contributed by atoms with Crippen molar-refractivity contribution < 1.29 is 4.74 Å². The number of aromatic nitrogens is 1. The Hall–Kier alpha value is -1.55. The Labute approximate surface area is 124 Å². The van der Waals surface area contributed by atoms with Crippen molar-refractivity contribution in [1.29, 1.82) is 0 Å². The summed E-state index contributed by atoms with van der Waals surface area (Å²) in [5.74, 6) is 1.69. The number of anilines is 1. The standard InChI is InChI=1S/C16H20N2OS/c1-2-9-19-14-6-4-8-17-16(14)18-11-13-10-12-5-3-7-15(12)20-13/h4,6,8,10H,2-3,5,7,9,11H2,1H3,(H,17,18). The van der Waals surface area contributed by atoms with Crippen LogP contribution in [0, 0.1) is 0 Å². The van der Waals surface area contributed by atoms with Crippen molar-refractivity contribution in [2.45, 2.75) is 39.2 Å². The molecule has 0 bridgehead atoms. The molecule has 0 aliphatic heterocycles. The lowest BCUT2D eigenvalue weighted by atomic mass is 10.2. The zero-order valence-corrected chi connectivity index (χ0v) is 12.6. The molecule has 0 fully saturated rings. The summed E-state index contributed by atoms with van der Waals surface area (Å²) in [5, 5.41) is 3.40. The van der Waals surface area contributed by atoms with E-state index in [-0.39, 0.29) is 0 Å². The van der Waals surface area contributed by atoms with E-state index in [9.17, 15) is 0 Å². The molecule has 4 heteroatoms. The first-order chi connectivity index (χ1) is 9.86. The lowest BCUT2D eigenvalue weighted by molar-refractivity contribution is 0.318. The lowest BCUT2D eigenvalue weighted by Crippen LogP contribution is -2.04. The molecule has 1 N–H and O–H groups in total. The van der Waals surface area contributed by atoms with Gasteiger partial charge < -0.3 is 10.1 Å². The highest BCUT2D eigenvalue weighted by Gasteiger charge is 2.14. The van der Waals surface area contributed by atoms with Gasteiger partial charge in [0.05, 0.1) is 13.2 Å². The van der Waals surface area contributed by atoms with Crippen molar-refractivity contribution >= 4 is 17.2 Å². The Kier molecular flexibility index (Phi) is 4.21. The van der Waals surface area contributed by atoms with Gasteiger partial charge in [0, 0.05) is 16.0 Å². The van der Waals surface area contributed by atoms with Crippen LogP contribution < -0.4 is 10.1 Å². The predicted octanol–water partition coefficient (Wildman–Crippen LogP) is 4.03. The van der Waals surface area contributed by atoms with Gasteiger partial charge in [-0.1, -0.05) is 6.92 Å². The fourth-order valence-electron chi connectivity index (χ4n) is 2.50. The molecule has 0 radical (unpaired) electrons. The summed E-state index contributed by atoms with van der Waals surface area (Å²) in [6, 6.07) is 6.23. The van der Waals surface area contributed by atoms with Gasteiger partial charge in [-0.2, -0.15) is 0 Å². The average molecular weight is 288 g/mol. The van der Waals surface area contributed by atoms with E-state index in [1.54, 1.807) is 16.6 Å². The van der Waals surface area contributed by atoms with E-state index in [1.165, 1.54) is 24.1 Å². The van der Waals surface area contributed by atoms with Gasteiger partial charge in [0.1, 0.15) is 0 Å². The van der Waals surface area contributed by atoms with Crippen molar-refractivity contribution in [3.05, 3.63) is 39.7 Å². The van der Waals surface area contributed by atoms with Crippen LogP contribution in [0.4, 0.5) is 5.82 Å². The molecule has 2 heterocycles. The first-order valence-electron chi connectivity index (χ1n) is 7.29. The molecule has 0 saturated carbocycles. The van der Waals surface area contributed by atoms with Crippen LogP contribution in [0.25, 0.3) is 0 Å². The van der Waals surface area contributed by atoms with Gasteiger partial charge in [0.2, 0.25) is 0 Å². The minimum atomic E-state index is 0.730. The number of hydrogen-bond acceptors (Lipinski definition) is 4. The molecule has 20 heavy (non-hydrogen) atoms. The SMILES string of the molecule is CCCOc1cccnc1NCc1cc2c(s1)CCC2. The van der Waals surface area contributed by atoms with E-state index >= 15 is 0 Å². The molecule has 0 amide bonds. The number of rotatable bonds is 6. The summed E-state index contributed by atoms with van der Waals surface area (Å²) in [4.78, 5) is 7.34. The maximum absolute atomic E-state index is 5.71. The number of pyridine rings is 1. The van der Waals surface area contributed by atoms with Gasteiger partial charge in [-0.15, -0.1) is 11.3 Å². The van der Waals surface area contributed by atoms with E-state index in [2.05, 4.69) is 23.3 Å². The summed E-state index contributed by atoms with van der Waals surface area (Å²) in [6.45, 7) is 3.67. The predicted molar refractivity (Wildman–Crippen MR) is 83.7 cm³/mol. The summed E-state index contributed by atoms with van der Waals surface area (Å²) >= 11 is 1.93. The topological polar surface area (TPSA) is 34.1 Å². The number of thiophene rings is 1. The molecule has 2 aromatic heterocycles. The van der Waals surface area contributed by atoms with Crippen molar-refractivity contribution in [2.75, 3.05) is 11.9 Å². The van der Waals surface area contributed by atoms with Crippen LogP contribution in [-0.2, 0) is 19.4 Å². The van der Waals surface area contributed by atoms with Gasteiger partial charge in [-0.3, -0.25) is 0 Å². The fraction of sp³-hybridized carbons (Fsp3) is 0.438. The first-order valence-corrected chi connectivity index (χ1v) is 8.10. The van der Waals surface area contributed by atoms with Crippen LogP contribution in [-0.4, -0.2) is 11.6 Å². The quantitative estimate of drug-likeness (QED) is 0.871. The third-order valence-electron chi connectivity index (χ3n) is 3.46. The number of aryl methyl sites for hydroxylation is 2. The Bertz CT molecular complexity index is 558. The van der Waals surface area contributed by atoms with Crippen LogP contribution in [0.5, 0.6) is 5.75 Å². The number of fused-ring (bicyclic) bond motifs is 1. The van der Waals surface area contributed by atoms with Gasteiger partial charge in [-0.25, -0.2) is 4.98 Å². The fourth-order valence-corrected chi connectivity index (χ4v) is 3.70. The van der Waals surface area contributed by atoms with E-state index < -0.39 is 0 Å². The third kappa shape index (κ3) is 2.96. The Balaban J connectivity index is 1.65. The van der Waals surface area contributed by atoms with E-state index in [4.69, 9.17) is 4.74 Å². The Morgan fingerprint density at radius 2 is 2.35 bits per heavy atom. The average Bonchev–Trinajstić information content (AvgIpc) is 3.04. The highest BCUT2D eigenvalue weighted by Crippen LogP contribution is 2.31. The minimum Gasteiger partial charge on any atom is -0.490 e. The zero-order chi connectivity index (χ0) is 13.8. The zero-order valence-electron chi connectivity index (χ0n) is 11.8. The molecule has 3 rings (SSSR count). The van der Waals surface area contributed by atoms with Crippen LogP contribution in [0.3, 0.4) is 0 Å². The number of nitrogens with one attached hydrogen (secondary N) is 1. The molecule has 1 aliphatic rings. The van der Waals surface area contributed by atoms with Crippen LogP contribution in [0.1, 0.15) is 35.1 Å². The lowest BCUT2D eigenvalue weighted by Gasteiger charge is -2.10. The normalized spacial score (nSPS) is 13.2.